The second-order valence-corrected chi connectivity index (χ2v) is 12.6. The Morgan fingerprint density at radius 1 is 0.735 bits per heavy atom. The Morgan fingerprint density at radius 2 is 1.35 bits per heavy atom. The molecular weight excluding hydrogens is 647 g/mol. The van der Waals surface area contributed by atoms with Gasteiger partial charge in [-0.2, -0.15) is 39.5 Å². The number of hydrogen-bond donors (Lipinski definition) is 0. The molecule has 0 aromatic carbocycles. The van der Waals surface area contributed by atoms with Crippen molar-refractivity contribution in [3.8, 4) is 9.75 Å². The molecule has 0 spiro atoms. The molecule has 0 amide bonds. The van der Waals surface area contributed by atoms with Crippen LogP contribution in [0.2, 0.25) is 0 Å². The van der Waals surface area contributed by atoms with E-state index in [1.54, 1.807) is 11.3 Å². The fourth-order valence-corrected chi connectivity index (χ4v) is 6.86. The molecular formula is C21H21Br2F9S2. The lowest BCUT2D eigenvalue weighted by molar-refractivity contribution is -0.396. The Bertz CT molecular complexity index is 949. The van der Waals surface area contributed by atoms with Crippen LogP contribution in [0.25, 0.3) is 9.75 Å². The van der Waals surface area contributed by atoms with Crippen molar-refractivity contribution in [1.82, 2.24) is 0 Å². The quantitative estimate of drug-likeness (QED) is 0.156. The van der Waals surface area contributed by atoms with Gasteiger partial charge in [-0.3, -0.25) is 0 Å². The van der Waals surface area contributed by atoms with E-state index < -0.39 is 36.8 Å². The normalized spacial score (nSPS) is 13.6. The largest absolute Gasteiger partial charge is 0.460 e. The van der Waals surface area contributed by atoms with E-state index in [0.29, 0.717) is 6.42 Å². The van der Waals surface area contributed by atoms with Crippen LogP contribution in [-0.2, 0) is 12.8 Å². The summed E-state index contributed by atoms with van der Waals surface area (Å²) in [4.78, 5) is 1.99. The molecule has 194 valence electrons. The van der Waals surface area contributed by atoms with Crippen LogP contribution in [0.1, 0.15) is 56.6 Å². The minimum atomic E-state index is -6.83. The second-order valence-electron chi connectivity index (χ2n) is 7.83. The fourth-order valence-electron chi connectivity index (χ4n) is 3.25. The summed E-state index contributed by atoms with van der Waals surface area (Å²) < 4.78 is 118. The molecule has 0 bridgehead atoms. The van der Waals surface area contributed by atoms with E-state index in [-0.39, 0.29) is 12.8 Å². The first-order valence-electron chi connectivity index (χ1n) is 10.3. The van der Waals surface area contributed by atoms with Crippen LogP contribution >= 0.6 is 54.5 Å². The van der Waals surface area contributed by atoms with Crippen LogP contribution in [0.3, 0.4) is 0 Å². The van der Waals surface area contributed by atoms with Gasteiger partial charge in [-0.05, 0) is 87.2 Å². The number of unbranched alkanes of at least 4 members (excludes halogenated alkanes) is 3. The van der Waals surface area contributed by atoms with Gasteiger partial charge in [0.25, 0.3) is 0 Å². The summed E-state index contributed by atoms with van der Waals surface area (Å²) in [6, 6.07) is 3.95. The van der Waals surface area contributed by atoms with Crippen molar-refractivity contribution in [3.05, 3.63) is 30.8 Å². The molecule has 0 nitrogen and oxygen atoms in total. The van der Waals surface area contributed by atoms with E-state index in [2.05, 4.69) is 44.8 Å². The van der Waals surface area contributed by atoms with Crippen molar-refractivity contribution in [2.45, 2.75) is 82.2 Å². The summed E-state index contributed by atoms with van der Waals surface area (Å²) in [6.07, 6.45) is -5.52. The average Bonchev–Trinajstić information content (AvgIpc) is 3.26. The van der Waals surface area contributed by atoms with Crippen molar-refractivity contribution in [2.75, 3.05) is 0 Å². The number of aryl methyl sites for hydroxylation is 2. The standard InChI is InChI=1S/C21H21Br2F9S2/c1-2-3-7-13-10-14(33-17(13)23)16-12(11-15(22)34-16)8-5-4-6-9-18(24,25)19(26,27)20(28,29)21(30,31)32/h10-11H,2-9H2,1H3. The van der Waals surface area contributed by atoms with E-state index in [0.717, 1.165) is 42.2 Å². The number of rotatable bonds is 12. The zero-order valence-corrected chi connectivity index (χ0v) is 22.6. The van der Waals surface area contributed by atoms with Crippen LogP contribution in [0.5, 0.6) is 0 Å². The minimum Gasteiger partial charge on any atom is -0.200 e. The Hall–Kier alpha value is -0.270. The van der Waals surface area contributed by atoms with Gasteiger partial charge in [-0.25, -0.2) is 0 Å². The van der Waals surface area contributed by atoms with Gasteiger partial charge in [0, 0.05) is 16.2 Å². The van der Waals surface area contributed by atoms with Crippen LogP contribution in [0, 0.1) is 0 Å². The molecule has 0 fully saturated rings. The van der Waals surface area contributed by atoms with Gasteiger partial charge in [-0.15, -0.1) is 22.7 Å². The number of halogens is 11. The van der Waals surface area contributed by atoms with Gasteiger partial charge in [0.05, 0.1) is 7.57 Å². The maximum Gasteiger partial charge on any atom is 0.460 e. The second kappa shape index (κ2) is 11.4. The summed E-state index contributed by atoms with van der Waals surface area (Å²) in [7, 11) is 0. The summed E-state index contributed by atoms with van der Waals surface area (Å²) in [6.45, 7) is 2.09. The molecule has 34 heavy (non-hydrogen) atoms. The van der Waals surface area contributed by atoms with Crippen molar-refractivity contribution in [2.24, 2.45) is 0 Å². The van der Waals surface area contributed by atoms with Gasteiger partial charge in [0.15, 0.2) is 0 Å². The van der Waals surface area contributed by atoms with Crippen LogP contribution in [0.4, 0.5) is 39.5 Å². The van der Waals surface area contributed by atoms with Gasteiger partial charge < -0.3 is 0 Å². The molecule has 0 unspecified atom stereocenters. The Kier molecular flexibility index (Phi) is 10.1. The zero-order valence-electron chi connectivity index (χ0n) is 17.8. The highest BCUT2D eigenvalue weighted by atomic mass is 79.9. The van der Waals surface area contributed by atoms with Crippen molar-refractivity contribution in [1.29, 1.82) is 0 Å². The Labute approximate surface area is 216 Å². The lowest BCUT2D eigenvalue weighted by Crippen LogP contribution is -2.60. The van der Waals surface area contributed by atoms with Gasteiger partial charge >= 0.3 is 23.9 Å². The van der Waals surface area contributed by atoms with Crippen LogP contribution in [0.15, 0.2) is 19.7 Å². The molecule has 2 aromatic heterocycles. The maximum absolute atomic E-state index is 13.7. The minimum absolute atomic E-state index is 0.0357. The smallest absolute Gasteiger partial charge is 0.200 e. The molecule has 0 atom stereocenters. The Balaban J connectivity index is 1.99. The predicted molar refractivity (Wildman–Crippen MR) is 125 cm³/mol. The third-order valence-electron chi connectivity index (χ3n) is 5.21. The van der Waals surface area contributed by atoms with Gasteiger partial charge in [0.1, 0.15) is 0 Å². The predicted octanol–water partition coefficient (Wildman–Crippen LogP) is 10.9. The summed E-state index contributed by atoms with van der Waals surface area (Å²) in [5.74, 6) is -18.9. The summed E-state index contributed by atoms with van der Waals surface area (Å²) in [5, 5.41) is 0. The van der Waals surface area contributed by atoms with Crippen molar-refractivity contribution >= 4 is 54.5 Å². The van der Waals surface area contributed by atoms with Gasteiger partial charge in [-0.1, -0.05) is 19.8 Å². The third kappa shape index (κ3) is 6.53. The average molecular weight is 668 g/mol. The molecule has 2 rings (SSSR count). The first-order chi connectivity index (χ1) is 15.5. The van der Waals surface area contributed by atoms with E-state index in [1.165, 1.54) is 16.9 Å². The molecule has 2 aromatic rings. The monoisotopic (exact) mass is 666 g/mol. The maximum atomic E-state index is 13.7. The molecule has 0 radical (unpaired) electrons. The molecule has 0 N–H and O–H groups in total. The van der Waals surface area contributed by atoms with Crippen LogP contribution in [-0.4, -0.2) is 23.9 Å². The van der Waals surface area contributed by atoms with Crippen molar-refractivity contribution < 1.29 is 39.5 Å². The highest BCUT2D eigenvalue weighted by molar-refractivity contribution is 9.11. The highest BCUT2D eigenvalue weighted by Crippen LogP contribution is 2.54. The third-order valence-corrected chi connectivity index (χ3v) is 9.03. The Morgan fingerprint density at radius 3 is 1.94 bits per heavy atom. The molecule has 13 heteroatoms. The lowest BCUT2D eigenvalue weighted by atomic mass is 9.97. The van der Waals surface area contributed by atoms with Crippen molar-refractivity contribution in [3.63, 3.8) is 0 Å². The molecule has 0 aliphatic heterocycles. The zero-order chi connectivity index (χ0) is 25.9. The molecule has 0 saturated heterocycles. The highest BCUT2D eigenvalue weighted by Gasteiger charge is 2.81. The summed E-state index contributed by atoms with van der Waals surface area (Å²) in [5.41, 5.74) is 2.09. The number of thiophene rings is 2. The topological polar surface area (TPSA) is 0 Å². The molecule has 0 aliphatic rings. The van der Waals surface area contributed by atoms with E-state index in [1.807, 2.05) is 6.07 Å². The lowest BCUT2D eigenvalue weighted by Gasteiger charge is -2.33. The number of hydrogen-bond acceptors (Lipinski definition) is 2. The van der Waals surface area contributed by atoms with E-state index in [4.69, 9.17) is 0 Å². The fraction of sp³-hybridized carbons (Fsp3) is 0.619. The SMILES string of the molecule is CCCCc1cc(-c2sc(Br)cc2CCCCCC(F)(F)C(F)(F)C(F)(F)C(F)(F)F)sc1Br. The van der Waals surface area contributed by atoms with Crippen LogP contribution < -0.4 is 0 Å². The molecule has 0 saturated carbocycles. The molecule has 0 aliphatic carbocycles. The number of alkyl halides is 9. The van der Waals surface area contributed by atoms with E-state index >= 15 is 0 Å². The van der Waals surface area contributed by atoms with E-state index in [9.17, 15) is 39.5 Å². The summed E-state index contributed by atoms with van der Waals surface area (Å²) >= 11 is 10.0. The molecule has 2 heterocycles. The van der Waals surface area contributed by atoms with Gasteiger partial charge in [0.2, 0.25) is 0 Å². The first kappa shape index (κ1) is 30.0. The first-order valence-corrected chi connectivity index (χ1v) is 13.5.